The van der Waals surface area contributed by atoms with E-state index >= 15 is 0 Å². The average molecular weight is 189 g/mol. The van der Waals surface area contributed by atoms with Crippen molar-refractivity contribution in [3.63, 3.8) is 0 Å². The highest BCUT2D eigenvalue weighted by molar-refractivity contribution is 5.13. The number of rotatable bonds is 4. The van der Waals surface area contributed by atoms with Gasteiger partial charge in [0.25, 0.3) is 0 Å². The number of benzene rings is 1. The Morgan fingerprint density at radius 2 is 1.93 bits per heavy atom. The van der Waals surface area contributed by atoms with Crippen molar-refractivity contribution in [2.45, 2.75) is 26.6 Å². The van der Waals surface area contributed by atoms with Crippen LogP contribution in [0.4, 0.5) is 0 Å². The Balaban J connectivity index is 2.45. The van der Waals surface area contributed by atoms with Crippen molar-refractivity contribution in [1.82, 2.24) is 0 Å². The molecule has 0 amide bonds. The zero-order chi connectivity index (χ0) is 10.4. The van der Waals surface area contributed by atoms with Crippen LogP contribution < -0.4 is 0 Å². The summed E-state index contributed by atoms with van der Waals surface area (Å²) in [5, 5.41) is 8.80. The molecule has 2 nitrogen and oxygen atoms in total. The zero-order valence-electron chi connectivity index (χ0n) is 8.60. The molecule has 0 spiro atoms. The summed E-state index contributed by atoms with van der Waals surface area (Å²) in [7, 11) is 0. The first-order valence-corrected chi connectivity index (χ1v) is 4.79. The molecule has 0 N–H and O–H groups in total. The minimum absolute atomic E-state index is 0.240. The van der Waals surface area contributed by atoms with Crippen molar-refractivity contribution in [3.05, 3.63) is 35.9 Å². The van der Waals surface area contributed by atoms with Gasteiger partial charge >= 0.3 is 0 Å². The third-order valence-corrected chi connectivity index (χ3v) is 2.01. The molecule has 1 aromatic carbocycles. The van der Waals surface area contributed by atoms with Crippen LogP contribution in [0.1, 0.15) is 19.4 Å². The topological polar surface area (TPSA) is 33.0 Å². The van der Waals surface area contributed by atoms with Crippen LogP contribution in [0.2, 0.25) is 0 Å². The second kappa shape index (κ2) is 5.41. The van der Waals surface area contributed by atoms with Gasteiger partial charge in [0.05, 0.1) is 12.7 Å². The fourth-order valence-corrected chi connectivity index (χ4v) is 1.14. The smallest absolute Gasteiger partial charge is 0.146 e. The monoisotopic (exact) mass is 189 g/mol. The Morgan fingerprint density at radius 3 is 2.43 bits per heavy atom. The van der Waals surface area contributed by atoms with Crippen molar-refractivity contribution in [3.8, 4) is 6.07 Å². The number of nitriles is 1. The van der Waals surface area contributed by atoms with Crippen molar-refractivity contribution < 1.29 is 4.74 Å². The average Bonchev–Trinajstić information content (AvgIpc) is 2.20. The van der Waals surface area contributed by atoms with Crippen LogP contribution in [0.5, 0.6) is 0 Å². The van der Waals surface area contributed by atoms with Crippen LogP contribution in [-0.4, -0.2) is 6.10 Å². The molecule has 0 aliphatic heterocycles. The molecule has 14 heavy (non-hydrogen) atoms. The minimum Gasteiger partial charge on any atom is -0.358 e. The van der Waals surface area contributed by atoms with E-state index in [1.165, 1.54) is 0 Å². The Labute approximate surface area is 85.1 Å². The second-order valence-corrected chi connectivity index (χ2v) is 3.59. The van der Waals surface area contributed by atoms with E-state index in [0.717, 1.165) is 5.56 Å². The molecule has 1 atom stereocenters. The molecule has 0 heterocycles. The summed E-state index contributed by atoms with van der Waals surface area (Å²) >= 11 is 0. The van der Waals surface area contributed by atoms with Gasteiger partial charge in [-0.05, 0) is 11.5 Å². The SMILES string of the molecule is CC(C)C(C#N)OCc1ccccc1. The summed E-state index contributed by atoms with van der Waals surface area (Å²) in [5.74, 6) is 0.240. The number of hydrogen-bond acceptors (Lipinski definition) is 2. The summed E-state index contributed by atoms with van der Waals surface area (Å²) in [6.07, 6.45) is -0.310. The third-order valence-electron chi connectivity index (χ3n) is 2.01. The summed E-state index contributed by atoms with van der Waals surface area (Å²) in [4.78, 5) is 0. The lowest BCUT2D eigenvalue weighted by Crippen LogP contribution is -2.17. The predicted octanol–water partition coefficient (Wildman–Crippen LogP) is 2.75. The molecule has 0 fully saturated rings. The number of hydrogen-bond donors (Lipinski definition) is 0. The van der Waals surface area contributed by atoms with E-state index in [2.05, 4.69) is 6.07 Å². The van der Waals surface area contributed by atoms with Gasteiger partial charge in [-0.2, -0.15) is 5.26 Å². The van der Waals surface area contributed by atoms with E-state index in [1.54, 1.807) is 0 Å². The van der Waals surface area contributed by atoms with Gasteiger partial charge in [0, 0.05) is 0 Å². The van der Waals surface area contributed by atoms with Crippen LogP contribution in [0.3, 0.4) is 0 Å². The molecule has 1 unspecified atom stereocenters. The van der Waals surface area contributed by atoms with Crippen LogP contribution in [0, 0.1) is 17.2 Å². The van der Waals surface area contributed by atoms with E-state index in [1.807, 2.05) is 44.2 Å². The van der Waals surface area contributed by atoms with Gasteiger partial charge in [-0.25, -0.2) is 0 Å². The first kappa shape index (κ1) is 10.7. The third kappa shape index (κ3) is 3.20. The van der Waals surface area contributed by atoms with E-state index in [0.29, 0.717) is 6.61 Å². The molecule has 0 saturated carbocycles. The lowest BCUT2D eigenvalue weighted by molar-refractivity contribution is 0.0479. The molecule has 0 radical (unpaired) electrons. The highest BCUT2D eigenvalue weighted by atomic mass is 16.5. The Morgan fingerprint density at radius 1 is 1.29 bits per heavy atom. The van der Waals surface area contributed by atoms with Crippen LogP contribution in [-0.2, 0) is 11.3 Å². The van der Waals surface area contributed by atoms with E-state index < -0.39 is 0 Å². The van der Waals surface area contributed by atoms with Crippen LogP contribution in [0.15, 0.2) is 30.3 Å². The van der Waals surface area contributed by atoms with Gasteiger partial charge in [-0.15, -0.1) is 0 Å². The zero-order valence-corrected chi connectivity index (χ0v) is 8.60. The molecule has 1 rings (SSSR count). The largest absolute Gasteiger partial charge is 0.358 e. The highest BCUT2D eigenvalue weighted by Gasteiger charge is 2.11. The predicted molar refractivity (Wildman–Crippen MR) is 55.5 cm³/mol. The molecule has 74 valence electrons. The Bertz CT molecular complexity index is 300. The normalized spacial score (nSPS) is 12.4. The molecule has 0 aliphatic carbocycles. The molecule has 0 aromatic heterocycles. The standard InChI is InChI=1S/C12H15NO/c1-10(2)12(8-13)14-9-11-6-4-3-5-7-11/h3-7,10,12H,9H2,1-2H3. The summed E-state index contributed by atoms with van der Waals surface area (Å²) in [6.45, 7) is 4.48. The fourth-order valence-electron chi connectivity index (χ4n) is 1.14. The molecule has 0 bridgehead atoms. The minimum atomic E-state index is -0.310. The first-order valence-electron chi connectivity index (χ1n) is 4.79. The van der Waals surface area contributed by atoms with Gasteiger partial charge in [-0.1, -0.05) is 44.2 Å². The maximum absolute atomic E-state index is 8.80. The van der Waals surface area contributed by atoms with Gasteiger partial charge in [-0.3, -0.25) is 0 Å². The Hall–Kier alpha value is -1.33. The lowest BCUT2D eigenvalue weighted by Gasteiger charge is -2.13. The van der Waals surface area contributed by atoms with Crippen molar-refractivity contribution in [1.29, 1.82) is 5.26 Å². The molecule has 1 aromatic rings. The van der Waals surface area contributed by atoms with Gasteiger partial charge in [0.15, 0.2) is 0 Å². The van der Waals surface area contributed by atoms with Gasteiger partial charge in [0.1, 0.15) is 6.10 Å². The van der Waals surface area contributed by atoms with E-state index in [9.17, 15) is 0 Å². The van der Waals surface area contributed by atoms with Gasteiger partial charge < -0.3 is 4.74 Å². The maximum Gasteiger partial charge on any atom is 0.146 e. The molecule has 0 aliphatic rings. The quantitative estimate of drug-likeness (QED) is 0.729. The van der Waals surface area contributed by atoms with Crippen molar-refractivity contribution in [2.24, 2.45) is 5.92 Å². The summed E-state index contributed by atoms with van der Waals surface area (Å²) in [5.41, 5.74) is 1.11. The maximum atomic E-state index is 8.80. The molecule has 0 saturated heterocycles. The van der Waals surface area contributed by atoms with Gasteiger partial charge in [0.2, 0.25) is 0 Å². The van der Waals surface area contributed by atoms with Crippen LogP contribution in [0.25, 0.3) is 0 Å². The number of nitrogens with zero attached hydrogens (tertiary/aromatic N) is 1. The number of ether oxygens (including phenoxy) is 1. The summed E-state index contributed by atoms with van der Waals surface area (Å²) < 4.78 is 5.48. The highest BCUT2D eigenvalue weighted by Crippen LogP contribution is 2.09. The fraction of sp³-hybridized carbons (Fsp3) is 0.417. The molecular weight excluding hydrogens is 174 g/mol. The van der Waals surface area contributed by atoms with Crippen LogP contribution >= 0.6 is 0 Å². The lowest BCUT2D eigenvalue weighted by atomic mass is 10.1. The van der Waals surface area contributed by atoms with Crippen molar-refractivity contribution >= 4 is 0 Å². The molecule has 2 heteroatoms. The van der Waals surface area contributed by atoms with Crippen molar-refractivity contribution in [2.75, 3.05) is 0 Å². The van der Waals surface area contributed by atoms with E-state index in [4.69, 9.17) is 10.00 Å². The Kier molecular flexibility index (Phi) is 4.15. The second-order valence-electron chi connectivity index (χ2n) is 3.59. The summed E-state index contributed by atoms with van der Waals surface area (Å²) in [6, 6.07) is 12.0. The van der Waals surface area contributed by atoms with E-state index in [-0.39, 0.29) is 12.0 Å². The first-order chi connectivity index (χ1) is 6.74. The molecular formula is C12H15NO.